The number of carbonyl (C=O) groups excluding carboxylic acids is 1. The summed E-state index contributed by atoms with van der Waals surface area (Å²) in [6.07, 6.45) is -0.125. The van der Waals surface area contributed by atoms with E-state index in [1.165, 1.54) is 0 Å². The molecule has 0 aliphatic carbocycles. The van der Waals surface area contributed by atoms with Crippen LogP contribution in [0.15, 0.2) is 35.7 Å². The predicted octanol–water partition coefficient (Wildman–Crippen LogP) is 3.58. The molecule has 3 N–H and O–H groups in total. The van der Waals surface area contributed by atoms with Gasteiger partial charge in [0.1, 0.15) is 0 Å². The molecule has 1 aromatic carbocycles. The van der Waals surface area contributed by atoms with Crippen molar-refractivity contribution in [3.05, 3.63) is 52.0 Å². The molecule has 2 unspecified atom stereocenters. The number of nitrogens with zero attached hydrogens (tertiary/aromatic N) is 1. The molecule has 0 fully saturated rings. The summed E-state index contributed by atoms with van der Waals surface area (Å²) in [7, 11) is 0. The summed E-state index contributed by atoms with van der Waals surface area (Å²) in [6, 6.07) is 9.07. The first-order chi connectivity index (χ1) is 11.5. The summed E-state index contributed by atoms with van der Waals surface area (Å²) in [5.41, 5.74) is 1.73. The van der Waals surface area contributed by atoms with E-state index in [4.69, 9.17) is 0 Å². The largest absolute Gasteiger partial charge is 0.388 e. The third kappa shape index (κ3) is 5.62. The van der Waals surface area contributed by atoms with Crippen LogP contribution in [0.3, 0.4) is 0 Å². The third-order valence-electron chi connectivity index (χ3n) is 3.63. The molecule has 2 aromatic rings. The molecule has 0 bridgehead atoms. The summed E-state index contributed by atoms with van der Waals surface area (Å²) >= 11 is 1.61. The van der Waals surface area contributed by atoms with E-state index in [9.17, 15) is 9.90 Å². The van der Waals surface area contributed by atoms with Gasteiger partial charge in [-0.05, 0) is 18.9 Å². The number of aliphatic hydroxyl groups is 1. The van der Waals surface area contributed by atoms with Gasteiger partial charge in [-0.15, -0.1) is 11.3 Å². The number of rotatable bonds is 7. The minimum atomic E-state index is -0.589. The van der Waals surface area contributed by atoms with Gasteiger partial charge < -0.3 is 15.7 Å². The minimum absolute atomic E-state index is 0.137. The van der Waals surface area contributed by atoms with Crippen LogP contribution in [0.2, 0.25) is 0 Å². The number of urea groups is 1. The fourth-order valence-corrected chi connectivity index (χ4v) is 3.15. The topological polar surface area (TPSA) is 74.2 Å². The summed E-state index contributed by atoms with van der Waals surface area (Å²) in [4.78, 5) is 16.4. The number of hydrogen-bond acceptors (Lipinski definition) is 4. The highest BCUT2D eigenvalue weighted by Crippen LogP contribution is 2.19. The molecule has 0 saturated carbocycles. The van der Waals surface area contributed by atoms with Crippen LogP contribution in [0.5, 0.6) is 0 Å². The van der Waals surface area contributed by atoms with E-state index >= 15 is 0 Å². The van der Waals surface area contributed by atoms with Gasteiger partial charge in [0.25, 0.3) is 0 Å². The van der Waals surface area contributed by atoms with E-state index in [2.05, 4.69) is 29.5 Å². The Morgan fingerprint density at radius 3 is 2.58 bits per heavy atom. The molecular weight excluding hydrogens is 322 g/mol. The lowest BCUT2D eigenvalue weighted by atomic mass is 10.0. The number of aliphatic hydroxyl groups excluding tert-OH is 1. The molecule has 2 amide bonds. The van der Waals surface area contributed by atoms with Gasteiger partial charge in [-0.3, -0.25) is 0 Å². The summed E-state index contributed by atoms with van der Waals surface area (Å²) in [5, 5.41) is 18.9. The Morgan fingerprint density at radius 1 is 1.25 bits per heavy atom. The van der Waals surface area contributed by atoms with Crippen LogP contribution in [0.4, 0.5) is 4.79 Å². The molecule has 0 aliphatic heterocycles. The van der Waals surface area contributed by atoms with Crippen LogP contribution < -0.4 is 10.6 Å². The van der Waals surface area contributed by atoms with Crippen LogP contribution in [0.25, 0.3) is 0 Å². The van der Waals surface area contributed by atoms with Crippen molar-refractivity contribution in [1.29, 1.82) is 0 Å². The number of hydrogen-bond donors (Lipinski definition) is 3. The SMILES string of the molecule is CC(CC(O)c1ccccc1)NC(=O)NCc1csc(C(C)C)n1. The Bertz CT molecular complexity index is 643. The summed E-state index contributed by atoms with van der Waals surface area (Å²) < 4.78 is 0. The summed E-state index contributed by atoms with van der Waals surface area (Å²) in [5.74, 6) is 0.400. The number of amides is 2. The van der Waals surface area contributed by atoms with E-state index in [1.807, 2.05) is 42.6 Å². The number of thiazole rings is 1. The monoisotopic (exact) mass is 347 g/mol. The maximum atomic E-state index is 12.0. The maximum absolute atomic E-state index is 12.0. The molecule has 24 heavy (non-hydrogen) atoms. The highest BCUT2D eigenvalue weighted by molar-refractivity contribution is 7.09. The van der Waals surface area contributed by atoms with E-state index in [0.717, 1.165) is 16.3 Å². The van der Waals surface area contributed by atoms with E-state index in [-0.39, 0.29) is 12.1 Å². The van der Waals surface area contributed by atoms with Crippen molar-refractivity contribution in [3.63, 3.8) is 0 Å². The van der Waals surface area contributed by atoms with E-state index in [0.29, 0.717) is 18.9 Å². The second kappa shape index (κ2) is 8.80. The lowest BCUT2D eigenvalue weighted by Crippen LogP contribution is -2.41. The number of benzene rings is 1. The molecule has 0 spiro atoms. The molecule has 130 valence electrons. The number of carbonyl (C=O) groups is 1. The lowest BCUT2D eigenvalue weighted by Gasteiger charge is -2.18. The first-order valence-corrected chi connectivity index (χ1v) is 9.05. The minimum Gasteiger partial charge on any atom is -0.388 e. The van der Waals surface area contributed by atoms with Gasteiger partial charge in [0.15, 0.2) is 0 Å². The van der Waals surface area contributed by atoms with Gasteiger partial charge in [0.2, 0.25) is 0 Å². The standard InChI is InChI=1S/C18H25N3O2S/c1-12(2)17-21-15(11-24-17)10-19-18(23)20-13(3)9-16(22)14-7-5-4-6-8-14/h4-8,11-13,16,22H,9-10H2,1-3H3,(H2,19,20,23). The van der Waals surface area contributed by atoms with Crippen LogP contribution in [0.1, 0.15) is 55.5 Å². The Hall–Kier alpha value is -1.92. The van der Waals surface area contributed by atoms with Gasteiger partial charge in [0.05, 0.1) is 23.4 Å². The van der Waals surface area contributed by atoms with Gasteiger partial charge >= 0.3 is 6.03 Å². The number of nitrogens with one attached hydrogen (secondary N) is 2. The molecule has 0 radical (unpaired) electrons. The van der Waals surface area contributed by atoms with Crippen molar-refractivity contribution in [2.75, 3.05) is 0 Å². The lowest BCUT2D eigenvalue weighted by molar-refractivity contribution is 0.154. The van der Waals surface area contributed by atoms with Crippen molar-refractivity contribution >= 4 is 17.4 Å². The van der Waals surface area contributed by atoms with Crippen molar-refractivity contribution < 1.29 is 9.90 Å². The Morgan fingerprint density at radius 2 is 1.96 bits per heavy atom. The maximum Gasteiger partial charge on any atom is 0.315 e. The normalized spacial score (nSPS) is 13.5. The van der Waals surface area contributed by atoms with Gasteiger partial charge in [-0.25, -0.2) is 9.78 Å². The van der Waals surface area contributed by atoms with Gasteiger partial charge in [-0.1, -0.05) is 44.2 Å². The average molecular weight is 347 g/mol. The predicted molar refractivity (Wildman–Crippen MR) is 97.1 cm³/mol. The zero-order valence-corrected chi connectivity index (χ0v) is 15.1. The zero-order chi connectivity index (χ0) is 17.5. The molecule has 1 heterocycles. The highest BCUT2D eigenvalue weighted by Gasteiger charge is 2.14. The molecule has 5 nitrogen and oxygen atoms in total. The smallest absolute Gasteiger partial charge is 0.315 e. The number of aromatic nitrogens is 1. The van der Waals surface area contributed by atoms with Crippen molar-refractivity contribution in [3.8, 4) is 0 Å². The first kappa shape index (κ1) is 18.4. The summed E-state index contributed by atoms with van der Waals surface area (Å²) in [6.45, 7) is 6.49. The fraction of sp³-hybridized carbons (Fsp3) is 0.444. The highest BCUT2D eigenvalue weighted by atomic mass is 32.1. The van der Waals surface area contributed by atoms with E-state index in [1.54, 1.807) is 11.3 Å². The molecule has 2 atom stereocenters. The molecule has 0 aliphatic rings. The van der Waals surface area contributed by atoms with Crippen LogP contribution in [-0.2, 0) is 6.54 Å². The molecule has 1 aromatic heterocycles. The third-order valence-corrected chi connectivity index (χ3v) is 4.83. The second-order valence-corrected chi connectivity index (χ2v) is 7.11. The van der Waals surface area contributed by atoms with E-state index < -0.39 is 6.10 Å². The van der Waals surface area contributed by atoms with Gasteiger partial charge in [0, 0.05) is 17.3 Å². The Kier molecular flexibility index (Phi) is 6.75. The van der Waals surface area contributed by atoms with Crippen molar-refractivity contribution in [2.45, 2.75) is 51.8 Å². The van der Waals surface area contributed by atoms with Crippen molar-refractivity contribution in [1.82, 2.24) is 15.6 Å². The Balaban J connectivity index is 1.75. The first-order valence-electron chi connectivity index (χ1n) is 8.17. The van der Waals surface area contributed by atoms with Crippen LogP contribution in [-0.4, -0.2) is 22.2 Å². The van der Waals surface area contributed by atoms with Gasteiger partial charge in [-0.2, -0.15) is 0 Å². The van der Waals surface area contributed by atoms with Crippen LogP contribution >= 0.6 is 11.3 Å². The zero-order valence-electron chi connectivity index (χ0n) is 14.3. The molecule has 0 saturated heterocycles. The fourth-order valence-electron chi connectivity index (χ4n) is 2.32. The molecule has 6 heteroatoms. The average Bonchev–Trinajstić information content (AvgIpc) is 3.03. The Labute approximate surface area is 147 Å². The van der Waals surface area contributed by atoms with Crippen molar-refractivity contribution in [2.24, 2.45) is 0 Å². The molecule has 2 rings (SSSR count). The van der Waals surface area contributed by atoms with Crippen LogP contribution in [0, 0.1) is 0 Å². The molecular formula is C18H25N3O2S. The quantitative estimate of drug-likeness (QED) is 0.717. The second-order valence-electron chi connectivity index (χ2n) is 6.22.